The van der Waals surface area contributed by atoms with E-state index in [1.54, 1.807) is 45.0 Å². The lowest BCUT2D eigenvalue weighted by molar-refractivity contribution is -0.150. The molecule has 0 spiro atoms. The number of carboxylic acid groups (broad SMARTS) is 1. The van der Waals surface area contributed by atoms with Gasteiger partial charge in [-0.25, -0.2) is 24.0 Å². The number of unbranched alkanes of at least 4 members (excludes halogenated alkanes) is 1. The van der Waals surface area contributed by atoms with Crippen molar-refractivity contribution in [2.75, 3.05) is 26.3 Å². The molecule has 0 bridgehead atoms. The SMILES string of the molecule is C=CCOC(=O)[C@H](CCCCNC(=O)OC(Cl)c1ccccc1)N(C[C@H](NC(=O)OC(C)(C)C)C(=O)O)C(=O)OCC1c2ccccc2-c2ccccc21. The van der Waals surface area contributed by atoms with Gasteiger partial charge in [-0.15, -0.1) is 0 Å². The molecule has 0 heterocycles. The van der Waals surface area contributed by atoms with Crippen LogP contribution in [0.5, 0.6) is 0 Å². The second kappa shape index (κ2) is 19.5. The van der Waals surface area contributed by atoms with Crippen LogP contribution in [0.1, 0.15) is 68.2 Å². The van der Waals surface area contributed by atoms with Gasteiger partial charge in [-0.2, -0.15) is 0 Å². The van der Waals surface area contributed by atoms with Crippen LogP contribution in [0.25, 0.3) is 11.1 Å². The molecule has 4 rings (SSSR count). The van der Waals surface area contributed by atoms with E-state index in [1.807, 2.05) is 54.6 Å². The zero-order valence-corrected chi connectivity index (χ0v) is 31.3. The van der Waals surface area contributed by atoms with Crippen molar-refractivity contribution in [2.24, 2.45) is 0 Å². The summed E-state index contributed by atoms with van der Waals surface area (Å²) in [6, 6.07) is 21.2. The average Bonchev–Trinajstić information content (AvgIpc) is 3.46. The van der Waals surface area contributed by atoms with E-state index in [9.17, 15) is 29.1 Å². The van der Waals surface area contributed by atoms with Crippen molar-refractivity contribution in [1.29, 1.82) is 0 Å². The summed E-state index contributed by atoms with van der Waals surface area (Å²) in [5.74, 6) is -2.65. The predicted octanol–water partition coefficient (Wildman–Crippen LogP) is 7.15. The van der Waals surface area contributed by atoms with Crippen molar-refractivity contribution < 1.29 is 48.0 Å². The second-order valence-electron chi connectivity index (χ2n) is 13.5. The lowest BCUT2D eigenvalue weighted by atomic mass is 9.98. The molecule has 3 aromatic rings. The molecule has 14 heteroatoms. The third kappa shape index (κ3) is 11.7. The summed E-state index contributed by atoms with van der Waals surface area (Å²) < 4.78 is 21.7. The third-order valence-electron chi connectivity index (χ3n) is 8.38. The molecule has 3 aromatic carbocycles. The van der Waals surface area contributed by atoms with Crippen molar-refractivity contribution >= 4 is 41.8 Å². The number of halogens is 1. The minimum atomic E-state index is -1.69. The number of esters is 1. The van der Waals surface area contributed by atoms with Crippen LogP contribution in [0.2, 0.25) is 0 Å². The number of nitrogens with one attached hydrogen (secondary N) is 2. The number of amides is 3. The highest BCUT2D eigenvalue weighted by molar-refractivity contribution is 6.20. The van der Waals surface area contributed by atoms with Crippen LogP contribution in [0, 0.1) is 0 Å². The molecule has 1 aliphatic carbocycles. The van der Waals surface area contributed by atoms with Crippen LogP contribution in [0.3, 0.4) is 0 Å². The van der Waals surface area contributed by atoms with Crippen molar-refractivity contribution in [2.45, 2.75) is 69.2 Å². The fourth-order valence-corrected chi connectivity index (χ4v) is 6.16. The minimum absolute atomic E-state index is 0.0160. The normalized spacial score (nSPS) is 13.6. The van der Waals surface area contributed by atoms with Gasteiger partial charge < -0.3 is 34.7 Å². The lowest BCUT2D eigenvalue weighted by Crippen LogP contribution is -2.55. The highest BCUT2D eigenvalue weighted by Gasteiger charge is 2.38. The minimum Gasteiger partial charge on any atom is -0.480 e. The van der Waals surface area contributed by atoms with Crippen molar-refractivity contribution in [3.8, 4) is 11.1 Å². The Hall–Kier alpha value is -5.56. The largest absolute Gasteiger partial charge is 0.480 e. The standard InChI is InChI=1S/C40H46ClN3O10/c1-5-23-51-36(47)33(21-13-14-22-42-37(48)53-34(41)26-15-7-6-8-16-26)44(24-32(35(45)46)43-38(49)54-40(2,3)4)39(50)52-25-31-29-19-11-9-17-27(29)28-18-10-12-20-30(28)31/h5-12,15-20,31-34H,1,13-14,21-25H2,2-4H3,(H,42,48)(H,43,49)(H,45,46)/t32-,33-,34?/m0/s1. The van der Waals surface area contributed by atoms with E-state index in [-0.39, 0.29) is 38.5 Å². The molecule has 1 unspecified atom stereocenters. The number of carbonyl (C=O) groups excluding carboxylic acids is 4. The van der Waals surface area contributed by atoms with Crippen LogP contribution in [-0.2, 0) is 28.5 Å². The molecule has 288 valence electrons. The number of carboxylic acids is 1. The summed E-state index contributed by atoms with van der Waals surface area (Å²) in [5, 5.41) is 15.0. The second-order valence-corrected chi connectivity index (χ2v) is 13.9. The topological polar surface area (TPSA) is 170 Å². The summed E-state index contributed by atoms with van der Waals surface area (Å²) >= 11 is 6.20. The summed E-state index contributed by atoms with van der Waals surface area (Å²) in [6.45, 7) is 7.59. The first-order valence-corrected chi connectivity index (χ1v) is 18.0. The first kappa shape index (κ1) is 41.2. The summed E-state index contributed by atoms with van der Waals surface area (Å²) in [5.41, 5.74) is 2.56. The summed E-state index contributed by atoms with van der Waals surface area (Å²) in [7, 11) is 0. The van der Waals surface area contributed by atoms with Crippen LogP contribution >= 0.6 is 11.6 Å². The zero-order chi connectivity index (χ0) is 39.3. The van der Waals surface area contributed by atoms with Crippen LogP contribution in [-0.4, -0.2) is 84.2 Å². The van der Waals surface area contributed by atoms with Crippen LogP contribution in [0.15, 0.2) is 91.5 Å². The Bertz CT molecular complexity index is 1740. The maximum atomic E-state index is 14.1. The van der Waals surface area contributed by atoms with E-state index in [0.29, 0.717) is 12.0 Å². The monoisotopic (exact) mass is 763 g/mol. The summed E-state index contributed by atoms with van der Waals surface area (Å²) in [4.78, 5) is 66.1. The predicted molar refractivity (Wildman–Crippen MR) is 201 cm³/mol. The molecular weight excluding hydrogens is 718 g/mol. The average molecular weight is 764 g/mol. The van der Waals surface area contributed by atoms with E-state index in [1.165, 1.54) is 6.08 Å². The number of ether oxygens (including phenoxy) is 4. The molecule has 0 saturated carbocycles. The van der Waals surface area contributed by atoms with Crippen LogP contribution in [0.4, 0.5) is 14.4 Å². The number of hydrogen-bond acceptors (Lipinski definition) is 9. The number of fused-ring (bicyclic) bond motifs is 3. The van der Waals surface area contributed by atoms with E-state index in [2.05, 4.69) is 17.2 Å². The summed E-state index contributed by atoms with van der Waals surface area (Å²) in [6.07, 6.45) is -0.845. The Balaban J connectivity index is 1.52. The highest BCUT2D eigenvalue weighted by atomic mass is 35.5. The van der Waals surface area contributed by atoms with E-state index < -0.39 is 60.0 Å². The number of aliphatic carboxylic acids is 1. The highest BCUT2D eigenvalue weighted by Crippen LogP contribution is 2.44. The first-order valence-electron chi connectivity index (χ1n) is 17.5. The maximum absolute atomic E-state index is 14.1. The number of alkyl carbamates (subject to hydrolysis) is 2. The Morgan fingerprint density at radius 2 is 1.50 bits per heavy atom. The fraction of sp³-hybridized carbons (Fsp3) is 0.375. The Kier molecular flexibility index (Phi) is 14.9. The van der Waals surface area contributed by atoms with Gasteiger partial charge in [-0.05, 0) is 62.3 Å². The number of carbonyl (C=O) groups is 5. The molecule has 3 N–H and O–H groups in total. The Labute approximate surface area is 319 Å². The third-order valence-corrected chi connectivity index (χ3v) is 8.72. The number of nitrogens with zero attached hydrogens (tertiary/aromatic N) is 1. The van der Waals surface area contributed by atoms with Gasteiger partial charge in [0.2, 0.25) is 5.56 Å². The van der Waals surface area contributed by atoms with E-state index in [4.69, 9.17) is 30.5 Å². The zero-order valence-electron chi connectivity index (χ0n) is 30.5. The molecule has 0 aromatic heterocycles. The molecule has 0 fully saturated rings. The molecule has 54 heavy (non-hydrogen) atoms. The number of benzene rings is 3. The number of hydrogen-bond donors (Lipinski definition) is 3. The maximum Gasteiger partial charge on any atom is 0.410 e. The molecule has 1 aliphatic rings. The Morgan fingerprint density at radius 1 is 0.889 bits per heavy atom. The van der Waals surface area contributed by atoms with Gasteiger partial charge in [0, 0.05) is 18.0 Å². The van der Waals surface area contributed by atoms with Gasteiger partial charge in [0.25, 0.3) is 0 Å². The van der Waals surface area contributed by atoms with Gasteiger partial charge in [-0.1, -0.05) is 103 Å². The number of alkyl halides is 1. The fourth-order valence-electron chi connectivity index (χ4n) is 5.94. The molecule has 0 radical (unpaired) electrons. The number of rotatable bonds is 17. The molecule has 3 amide bonds. The van der Waals surface area contributed by atoms with Crippen molar-refractivity contribution in [3.63, 3.8) is 0 Å². The molecule has 0 saturated heterocycles. The molecule has 3 atom stereocenters. The van der Waals surface area contributed by atoms with Crippen molar-refractivity contribution in [1.82, 2.24) is 15.5 Å². The van der Waals surface area contributed by atoms with Gasteiger partial charge in [-0.3, -0.25) is 4.90 Å². The molecule has 13 nitrogen and oxygen atoms in total. The quantitative estimate of drug-likeness (QED) is 0.0422. The first-order chi connectivity index (χ1) is 25.8. The van der Waals surface area contributed by atoms with E-state index in [0.717, 1.165) is 27.2 Å². The molecule has 0 aliphatic heterocycles. The smallest absolute Gasteiger partial charge is 0.410 e. The van der Waals surface area contributed by atoms with Crippen molar-refractivity contribution in [3.05, 3.63) is 108 Å². The van der Waals surface area contributed by atoms with Gasteiger partial charge in [0.05, 0.1) is 6.54 Å². The van der Waals surface area contributed by atoms with Gasteiger partial charge in [0.1, 0.15) is 30.9 Å². The van der Waals surface area contributed by atoms with Gasteiger partial charge >= 0.3 is 30.2 Å². The van der Waals surface area contributed by atoms with Gasteiger partial charge in [0.15, 0.2) is 0 Å². The Morgan fingerprint density at radius 3 is 2.09 bits per heavy atom. The van der Waals surface area contributed by atoms with E-state index >= 15 is 0 Å². The molecular formula is C40H46ClN3O10. The van der Waals surface area contributed by atoms with Crippen LogP contribution < -0.4 is 10.6 Å². The lowest BCUT2D eigenvalue weighted by Gasteiger charge is -2.32.